The number of benzene rings is 3. The zero-order valence-corrected chi connectivity index (χ0v) is 21.0. The molecule has 0 unspecified atom stereocenters. The number of fused-ring (bicyclic) bond motifs is 1. The number of carbonyl (C=O) groups is 2. The van der Waals surface area contributed by atoms with Gasteiger partial charge in [-0.05, 0) is 41.4 Å². The average molecular weight is 549 g/mol. The van der Waals surface area contributed by atoms with Crippen molar-refractivity contribution in [2.24, 2.45) is 11.5 Å². The molecule has 3 aromatic carbocycles. The van der Waals surface area contributed by atoms with Crippen LogP contribution in [0.1, 0.15) is 44.9 Å². The molecule has 9 heteroatoms. The number of aromatic nitrogens is 1. The average Bonchev–Trinajstić information content (AvgIpc) is 2.82. The highest BCUT2D eigenvalue weighted by atomic mass is 79.9. The second-order valence-corrected chi connectivity index (χ2v) is 9.28. The van der Waals surface area contributed by atoms with Gasteiger partial charge in [-0.2, -0.15) is 0 Å². The number of amides is 1. The van der Waals surface area contributed by atoms with Crippen LogP contribution in [-0.4, -0.2) is 27.1 Å². The first kappa shape index (κ1) is 24.3. The Hall–Kier alpha value is -3.82. The number of nitrogens with one attached hydrogen (secondary N) is 1. The molecule has 0 spiro atoms. The van der Waals surface area contributed by atoms with Crippen LogP contribution in [0.2, 0.25) is 0 Å². The number of primary amides is 1. The van der Waals surface area contributed by atoms with Crippen LogP contribution in [0.4, 0.5) is 5.69 Å². The molecule has 35 heavy (non-hydrogen) atoms. The first-order valence-corrected chi connectivity index (χ1v) is 11.8. The lowest BCUT2D eigenvalue weighted by molar-refractivity contribution is 0.0692. The van der Waals surface area contributed by atoms with Crippen LogP contribution in [0.15, 0.2) is 71.2 Å². The Balaban J connectivity index is 2.14. The molecule has 0 aliphatic heterocycles. The number of rotatable bonds is 6. The third kappa shape index (κ3) is 4.73. The normalized spacial score (nSPS) is 11.7. The Labute approximate surface area is 215 Å². The number of thiocarbonyl (C=S) groups is 1. The molecule has 0 saturated heterocycles. The number of carbonyl (C=O) groups excluding carboxylic acids is 1. The first-order valence-electron chi connectivity index (χ1n) is 10.6. The summed E-state index contributed by atoms with van der Waals surface area (Å²) in [5.74, 6) is -2.09. The van der Waals surface area contributed by atoms with Crippen molar-refractivity contribution in [2.45, 2.75) is 12.8 Å². The summed E-state index contributed by atoms with van der Waals surface area (Å²) >= 11 is 8.52. The highest BCUT2D eigenvalue weighted by Crippen LogP contribution is 2.42. The van der Waals surface area contributed by atoms with Gasteiger partial charge in [-0.3, -0.25) is 4.79 Å². The molecule has 1 aromatic heterocycles. The number of aromatic carboxylic acids is 1. The summed E-state index contributed by atoms with van der Waals surface area (Å²) in [7, 11) is 0. The van der Waals surface area contributed by atoms with Crippen molar-refractivity contribution in [1.29, 1.82) is 0 Å². The maximum Gasteiger partial charge on any atom is 0.355 e. The zero-order valence-electron chi connectivity index (χ0n) is 18.6. The van der Waals surface area contributed by atoms with Crippen molar-refractivity contribution in [1.82, 2.24) is 4.98 Å². The number of carboxylic acid groups (broad SMARTS) is 1. The predicted molar refractivity (Wildman–Crippen MR) is 145 cm³/mol. The molecular weight excluding hydrogens is 528 g/mol. The van der Waals surface area contributed by atoms with Gasteiger partial charge in [0.15, 0.2) is 10.8 Å². The minimum absolute atomic E-state index is 0.0399. The van der Waals surface area contributed by atoms with Crippen LogP contribution < -0.4 is 16.8 Å². The third-order valence-corrected chi connectivity index (χ3v) is 6.40. The predicted octanol–water partition coefficient (Wildman–Crippen LogP) is 5.27. The minimum atomic E-state index is -1.13. The van der Waals surface area contributed by atoms with Gasteiger partial charge in [0, 0.05) is 26.9 Å². The van der Waals surface area contributed by atoms with E-state index >= 15 is 0 Å². The summed E-state index contributed by atoms with van der Waals surface area (Å²) in [6.45, 7) is 1.95. The van der Waals surface area contributed by atoms with Crippen LogP contribution in [-0.2, 0) is 0 Å². The Morgan fingerprint density at radius 2 is 1.66 bits per heavy atom. The molecule has 1 atom stereocenters. The highest BCUT2D eigenvalue weighted by molar-refractivity contribution is 9.10. The summed E-state index contributed by atoms with van der Waals surface area (Å²) in [6, 6.07) is 19.9. The van der Waals surface area contributed by atoms with Crippen LogP contribution >= 0.6 is 28.1 Å². The summed E-state index contributed by atoms with van der Waals surface area (Å²) in [5, 5.41) is 14.0. The fraction of sp³-hybridized carbons (Fsp3) is 0.0769. The molecule has 1 heterocycles. The maximum atomic E-state index is 12.3. The van der Waals surface area contributed by atoms with E-state index < -0.39 is 11.9 Å². The van der Waals surface area contributed by atoms with Crippen molar-refractivity contribution < 1.29 is 14.7 Å². The number of hydrogen-bond acceptors (Lipinski definition) is 4. The van der Waals surface area contributed by atoms with E-state index in [4.69, 9.17) is 23.7 Å². The van der Waals surface area contributed by atoms with Gasteiger partial charge in [0.1, 0.15) is 0 Å². The molecule has 4 aromatic rings. The van der Waals surface area contributed by atoms with E-state index in [0.717, 1.165) is 10.0 Å². The van der Waals surface area contributed by atoms with Crippen LogP contribution in [0.3, 0.4) is 0 Å². The van der Waals surface area contributed by atoms with Gasteiger partial charge < -0.3 is 21.9 Å². The molecule has 1 amide bonds. The van der Waals surface area contributed by atoms with Crippen LogP contribution in [0.25, 0.3) is 21.9 Å². The van der Waals surface area contributed by atoms with Crippen LogP contribution in [0.5, 0.6) is 0 Å². The van der Waals surface area contributed by atoms with E-state index in [-0.39, 0.29) is 22.3 Å². The molecule has 4 rings (SSSR count). The summed E-state index contributed by atoms with van der Waals surface area (Å²) < 4.78 is 0.920. The van der Waals surface area contributed by atoms with Gasteiger partial charge in [0.25, 0.3) is 5.91 Å². The number of carboxylic acids is 1. The number of anilines is 1. The lowest BCUT2D eigenvalue weighted by Crippen LogP contribution is -2.23. The molecule has 0 saturated carbocycles. The maximum absolute atomic E-state index is 12.3. The Bertz CT molecular complexity index is 1490. The lowest BCUT2D eigenvalue weighted by Gasteiger charge is -2.22. The van der Waals surface area contributed by atoms with Gasteiger partial charge >= 0.3 is 5.97 Å². The smallest absolute Gasteiger partial charge is 0.355 e. The second kappa shape index (κ2) is 9.81. The number of hydrogen-bond donors (Lipinski definition) is 4. The van der Waals surface area contributed by atoms with E-state index in [0.29, 0.717) is 33.3 Å². The van der Waals surface area contributed by atoms with Gasteiger partial charge in [-0.15, -0.1) is 0 Å². The van der Waals surface area contributed by atoms with E-state index in [1.807, 2.05) is 43.3 Å². The van der Waals surface area contributed by atoms with Crippen molar-refractivity contribution in [3.05, 3.63) is 93.7 Å². The van der Waals surface area contributed by atoms with E-state index in [1.165, 1.54) is 0 Å². The number of nitrogens with two attached hydrogens (primary N) is 2. The standard InChI is InChI=1S/C26H21BrN4O3S/c1-13(14-9-11-15(27)12-10-14)21-20(16-5-2-3-6-17(16)23(30-21)25(33)34)18-7-4-8-19(24(28)32)22(18)31-26(29)35/h2-13H,1H3,(H2,28,32)(H,33,34)(H3,29,31,35)/t13-/m0/s1. The molecule has 6 N–H and O–H groups in total. The van der Waals surface area contributed by atoms with Gasteiger partial charge in [-0.1, -0.05) is 71.4 Å². The van der Waals surface area contributed by atoms with Gasteiger partial charge in [0.2, 0.25) is 0 Å². The Kier molecular flexibility index (Phi) is 6.81. The largest absolute Gasteiger partial charge is 0.476 e. The molecule has 7 nitrogen and oxygen atoms in total. The Morgan fingerprint density at radius 3 is 2.26 bits per heavy atom. The molecule has 0 radical (unpaired) electrons. The molecule has 0 aliphatic carbocycles. The molecule has 0 bridgehead atoms. The van der Waals surface area contributed by atoms with Crippen molar-refractivity contribution >= 4 is 61.6 Å². The summed E-state index contributed by atoms with van der Waals surface area (Å²) in [6.07, 6.45) is 0. The third-order valence-electron chi connectivity index (χ3n) is 5.77. The summed E-state index contributed by atoms with van der Waals surface area (Å²) in [4.78, 5) is 29.1. The van der Waals surface area contributed by atoms with Crippen molar-refractivity contribution in [3.63, 3.8) is 0 Å². The molecule has 0 aliphatic rings. The number of halogens is 1. The van der Waals surface area contributed by atoms with E-state index in [9.17, 15) is 14.7 Å². The fourth-order valence-corrected chi connectivity index (χ4v) is 4.54. The quantitative estimate of drug-likeness (QED) is 0.241. The second-order valence-electron chi connectivity index (χ2n) is 7.93. The summed E-state index contributed by atoms with van der Waals surface area (Å²) in [5.41, 5.74) is 14.6. The van der Waals surface area contributed by atoms with Gasteiger partial charge in [0.05, 0.1) is 16.9 Å². The number of nitrogens with zero attached hydrogens (tertiary/aromatic N) is 1. The molecule has 176 valence electrons. The molecule has 0 fully saturated rings. The van der Waals surface area contributed by atoms with Gasteiger partial charge in [-0.25, -0.2) is 9.78 Å². The van der Waals surface area contributed by atoms with E-state index in [1.54, 1.807) is 30.3 Å². The zero-order chi connectivity index (χ0) is 25.3. The lowest BCUT2D eigenvalue weighted by atomic mass is 9.86. The molecular formula is C26H21BrN4O3S. The topological polar surface area (TPSA) is 131 Å². The minimum Gasteiger partial charge on any atom is -0.476 e. The Morgan fingerprint density at radius 1 is 1.00 bits per heavy atom. The van der Waals surface area contributed by atoms with Crippen LogP contribution in [0, 0.1) is 0 Å². The van der Waals surface area contributed by atoms with Crippen molar-refractivity contribution in [2.75, 3.05) is 5.32 Å². The fourth-order valence-electron chi connectivity index (χ4n) is 4.17. The monoisotopic (exact) mass is 548 g/mol. The first-order chi connectivity index (χ1) is 16.7. The number of para-hydroxylation sites is 1. The van der Waals surface area contributed by atoms with Crippen molar-refractivity contribution in [3.8, 4) is 11.1 Å². The SMILES string of the molecule is C[C@@H](c1ccc(Br)cc1)c1nc(C(=O)O)c2ccccc2c1-c1cccc(C(N)=O)c1NC(N)=S. The van der Waals surface area contributed by atoms with E-state index in [2.05, 4.69) is 26.2 Å². The highest BCUT2D eigenvalue weighted by Gasteiger charge is 2.26. The number of pyridine rings is 1.